The van der Waals surface area contributed by atoms with Gasteiger partial charge in [-0.25, -0.2) is 4.99 Å². The topological polar surface area (TPSA) is 69.2 Å². The molecule has 1 aromatic rings. The number of benzene rings is 1. The van der Waals surface area contributed by atoms with E-state index in [9.17, 15) is 4.79 Å². The Kier molecular flexibility index (Phi) is 14.6. The summed E-state index contributed by atoms with van der Waals surface area (Å²) in [7, 11) is 5.54. The second-order valence-corrected chi connectivity index (χ2v) is 6.11. The van der Waals surface area contributed by atoms with Crippen molar-refractivity contribution in [2.45, 2.75) is 13.3 Å². The second kappa shape index (κ2) is 15.5. The van der Waals surface area contributed by atoms with Gasteiger partial charge in [-0.3, -0.25) is 4.79 Å². The predicted molar refractivity (Wildman–Crippen MR) is 123 cm³/mol. The normalized spacial score (nSPS) is 10.7. The fourth-order valence-electron chi connectivity index (χ4n) is 2.18. The van der Waals surface area contributed by atoms with Crippen LogP contribution in [0.25, 0.3) is 0 Å². The molecule has 0 aliphatic rings. The number of hydrogen-bond acceptors (Lipinski definition) is 4. The minimum Gasteiger partial charge on any atom is -0.380 e. The van der Waals surface area contributed by atoms with E-state index in [0.29, 0.717) is 25.7 Å². The third-order valence-corrected chi connectivity index (χ3v) is 3.77. The monoisotopic (exact) mass is 491 g/mol. The molecular weight excluding hydrogens is 457 g/mol. The van der Waals surface area contributed by atoms with E-state index in [1.54, 1.807) is 14.1 Å². The Morgan fingerprint density at radius 1 is 1.11 bits per heavy atom. The van der Waals surface area contributed by atoms with Crippen LogP contribution in [0, 0.1) is 0 Å². The minimum atomic E-state index is -0.0280. The van der Waals surface area contributed by atoms with E-state index >= 15 is 0 Å². The summed E-state index contributed by atoms with van der Waals surface area (Å²) in [5.74, 6) is 0.613. The van der Waals surface area contributed by atoms with Crippen molar-refractivity contribution in [1.82, 2.24) is 15.5 Å². The lowest BCUT2D eigenvalue weighted by atomic mass is 10.3. The Hall–Kier alpha value is -1.55. The van der Waals surface area contributed by atoms with Gasteiger partial charge in [-0.15, -0.1) is 24.0 Å². The summed E-state index contributed by atoms with van der Waals surface area (Å²) in [5.41, 5.74) is 1.20. The lowest BCUT2D eigenvalue weighted by Gasteiger charge is -2.20. The van der Waals surface area contributed by atoms with E-state index in [1.807, 2.05) is 25.1 Å². The molecule has 0 aliphatic carbocycles. The molecule has 0 atom stereocenters. The van der Waals surface area contributed by atoms with E-state index in [0.717, 1.165) is 19.5 Å². The lowest BCUT2D eigenvalue weighted by Crippen LogP contribution is -2.41. The summed E-state index contributed by atoms with van der Waals surface area (Å²) in [5, 5.41) is 6.48. The molecule has 0 saturated carbocycles. The molecule has 0 radical (unpaired) electrons. The lowest BCUT2D eigenvalue weighted by molar-refractivity contribution is -0.127. The molecule has 154 valence electrons. The Bertz CT molecular complexity index is 540. The van der Waals surface area contributed by atoms with Gasteiger partial charge in [0.05, 0.1) is 6.61 Å². The van der Waals surface area contributed by atoms with Gasteiger partial charge in [0.25, 0.3) is 0 Å². The highest BCUT2D eigenvalue weighted by Gasteiger charge is 2.05. The number of rotatable bonds is 11. The van der Waals surface area contributed by atoms with Gasteiger partial charge in [0.1, 0.15) is 6.54 Å². The van der Waals surface area contributed by atoms with Crippen LogP contribution in [0.5, 0.6) is 0 Å². The number of nitrogens with zero attached hydrogens (tertiary/aromatic N) is 3. The summed E-state index contributed by atoms with van der Waals surface area (Å²) in [6.45, 7) is 5.74. The van der Waals surface area contributed by atoms with Crippen LogP contribution in [0.2, 0.25) is 0 Å². The smallest absolute Gasteiger partial charge is 0.243 e. The second-order valence-electron chi connectivity index (χ2n) is 6.11. The molecule has 1 rings (SSSR count). The number of halogens is 1. The molecule has 0 heterocycles. The fourth-order valence-corrected chi connectivity index (χ4v) is 2.18. The average Bonchev–Trinajstić information content (AvgIpc) is 2.65. The summed E-state index contributed by atoms with van der Waals surface area (Å²) in [6.07, 6.45) is 0.958. The summed E-state index contributed by atoms with van der Waals surface area (Å²) >= 11 is 0. The van der Waals surface area contributed by atoms with Crippen LogP contribution in [0.4, 0.5) is 5.69 Å². The fraction of sp³-hybridized carbons (Fsp3) is 0.579. The number of likely N-dealkylation sites (N-methyl/N-ethyl adjacent to an activating group) is 1. The van der Waals surface area contributed by atoms with Crippen LogP contribution >= 0.6 is 24.0 Å². The third kappa shape index (κ3) is 11.7. The molecular formula is C19H34IN5O2. The van der Waals surface area contributed by atoms with Crippen molar-refractivity contribution in [3.63, 3.8) is 0 Å². The molecule has 1 amide bonds. The summed E-state index contributed by atoms with van der Waals surface area (Å²) < 4.78 is 5.33. The molecule has 0 spiro atoms. The minimum absolute atomic E-state index is 0. The van der Waals surface area contributed by atoms with Crippen molar-refractivity contribution in [2.75, 3.05) is 65.4 Å². The van der Waals surface area contributed by atoms with Gasteiger partial charge in [0, 0.05) is 53.1 Å². The number of ether oxygens (including phenoxy) is 1. The van der Waals surface area contributed by atoms with Crippen molar-refractivity contribution in [1.29, 1.82) is 0 Å². The van der Waals surface area contributed by atoms with Crippen molar-refractivity contribution >= 4 is 41.5 Å². The van der Waals surface area contributed by atoms with E-state index in [2.05, 4.69) is 39.7 Å². The van der Waals surface area contributed by atoms with Crippen molar-refractivity contribution in [3.8, 4) is 0 Å². The van der Waals surface area contributed by atoms with Crippen LogP contribution in [0.15, 0.2) is 35.3 Å². The first-order valence-corrected chi connectivity index (χ1v) is 9.10. The number of carbonyl (C=O) groups excluding carboxylic acids is 1. The zero-order chi connectivity index (χ0) is 19.2. The van der Waals surface area contributed by atoms with Crippen LogP contribution in [0.3, 0.4) is 0 Å². The SMILES string of the molecule is CCOCCNC(=NCC(=O)N(C)C)NCCCN(C)c1ccccc1.I. The van der Waals surface area contributed by atoms with E-state index in [1.165, 1.54) is 10.6 Å². The Morgan fingerprint density at radius 3 is 2.41 bits per heavy atom. The summed E-state index contributed by atoms with van der Waals surface area (Å²) in [4.78, 5) is 19.8. The third-order valence-electron chi connectivity index (χ3n) is 3.77. The first-order valence-electron chi connectivity index (χ1n) is 9.10. The number of aliphatic imine (C=N–C) groups is 1. The van der Waals surface area contributed by atoms with Crippen molar-refractivity contribution in [2.24, 2.45) is 4.99 Å². The molecule has 2 N–H and O–H groups in total. The molecule has 0 bridgehead atoms. The zero-order valence-electron chi connectivity index (χ0n) is 16.9. The molecule has 0 aliphatic heterocycles. The van der Waals surface area contributed by atoms with Crippen LogP contribution < -0.4 is 15.5 Å². The quantitative estimate of drug-likeness (QED) is 0.214. The van der Waals surface area contributed by atoms with Gasteiger partial charge in [0.2, 0.25) is 5.91 Å². The van der Waals surface area contributed by atoms with Gasteiger partial charge < -0.3 is 25.2 Å². The number of hydrogen-bond donors (Lipinski definition) is 2. The molecule has 0 saturated heterocycles. The Balaban J connectivity index is 0.00000676. The van der Waals surface area contributed by atoms with E-state index < -0.39 is 0 Å². The van der Waals surface area contributed by atoms with Gasteiger partial charge >= 0.3 is 0 Å². The van der Waals surface area contributed by atoms with Crippen LogP contribution in [0.1, 0.15) is 13.3 Å². The Morgan fingerprint density at radius 2 is 1.78 bits per heavy atom. The van der Waals surface area contributed by atoms with E-state index in [-0.39, 0.29) is 36.4 Å². The van der Waals surface area contributed by atoms with Crippen molar-refractivity contribution < 1.29 is 9.53 Å². The number of para-hydroxylation sites is 1. The highest BCUT2D eigenvalue weighted by atomic mass is 127. The average molecular weight is 491 g/mol. The van der Waals surface area contributed by atoms with Gasteiger partial charge in [0.15, 0.2) is 5.96 Å². The number of anilines is 1. The molecule has 0 unspecified atom stereocenters. The molecule has 0 fully saturated rings. The molecule has 7 nitrogen and oxygen atoms in total. The van der Waals surface area contributed by atoms with Gasteiger partial charge in [-0.2, -0.15) is 0 Å². The molecule has 27 heavy (non-hydrogen) atoms. The highest BCUT2D eigenvalue weighted by molar-refractivity contribution is 14.0. The first-order chi connectivity index (χ1) is 12.5. The number of nitrogens with one attached hydrogen (secondary N) is 2. The van der Waals surface area contributed by atoms with E-state index in [4.69, 9.17) is 4.74 Å². The predicted octanol–water partition coefficient (Wildman–Crippen LogP) is 1.79. The Labute approximate surface area is 180 Å². The number of amides is 1. The standard InChI is InChI=1S/C19H33N5O2.HI/c1-5-26-15-13-21-19(22-16-18(25)23(2)3)20-12-9-14-24(4)17-10-7-6-8-11-17;/h6-8,10-11H,5,9,12-16H2,1-4H3,(H2,20,21,22);1H. The maximum Gasteiger partial charge on any atom is 0.243 e. The van der Waals surface area contributed by atoms with Gasteiger partial charge in [-0.1, -0.05) is 18.2 Å². The first kappa shape index (κ1) is 25.4. The van der Waals surface area contributed by atoms with Crippen LogP contribution in [-0.4, -0.2) is 77.3 Å². The zero-order valence-corrected chi connectivity index (χ0v) is 19.2. The maximum atomic E-state index is 11.7. The molecule has 1 aromatic carbocycles. The molecule has 0 aromatic heterocycles. The highest BCUT2D eigenvalue weighted by Crippen LogP contribution is 2.10. The summed E-state index contributed by atoms with van der Waals surface area (Å²) in [6, 6.07) is 10.3. The largest absolute Gasteiger partial charge is 0.380 e. The molecule has 8 heteroatoms. The number of guanidine groups is 1. The number of carbonyl (C=O) groups is 1. The maximum absolute atomic E-state index is 11.7. The van der Waals surface area contributed by atoms with Crippen molar-refractivity contribution in [3.05, 3.63) is 30.3 Å². The van der Waals surface area contributed by atoms with Crippen LogP contribution in [-0.2, 0) is 9.53 Å². The van der Waals surface area contributed by atoms with Gasteiger partial charge in [-0.05, 0) is 25.5 Å².